The largest absolute Gasteiger partial charge is 0.352 e. The van der Waals surface area contributed by atoms with Gasteiger partial charge >= 0.3 is 0 Å². The molecule has 22 heavy (non-hydrogen) atoms. The van der Waals surface area contributed by atoms with Gasteiger partial charge in [0.2, 0.25) is 11.7 Å². The SMILES string of the molecule is O=C(Cc1nc(-c2cnccn2)n[nH]1)NCc1ccncc1. The summed E-state index contributed by atoms with van der Waals surface area (Å²) in [6.45, 7) is 0.451. The van der Waals surface area contributed by atoms with Gasteiger partial charge in [-0.25, -0.2) is 9.97 Å². The molecule has 0 unspecified atom stereocenters. The molecule has 0 radical (unpaired) electrons. The lowest BCUT2D eigenvalue weighted by Crippen LogP contribution is -2.25. The van der Waals surface area contributed by atoms with E-state index >= 15 is 0 Å². The van der Waals surface area contributed by atoms with Crippen LogP contribution in [0, 0.1) is 0 Å². The van der Waals surface area contributed by atoms with Crippen molar-refractivity contribution < 1.29 is 4.79 Å². The normalized spacial score (nSPS) is 10.4. The molecule has 1 amide bonds. The molecule has 2 N–H and O–H groups in total. The predicted octanol–water partition coefficient (Wildman–Crippen LogP) is 0.516. The van der Waals surface area contributed by atoms with Gasteiger partial charge in [-0.05, 0) is 17.7 Å². The smallest absolute Gasteiger partial charge is 0.227 e. The number of carbonyl (C=O) groups is 1. The van der Waals surface area contributed by atoms with E-state index in [2.05, 4.69) is 35.5 Å². The van der Waals surface area contributed by atoms with Crippen molar-refractivity contribution >= 4 is 5.91 Å². The molecule has 8 heteroatoms. The van der Waals surface area contributed by atoms with Gasteiger partial charge in [0, 0.05) is 31.3 Å². The van der Waals surface area contributed by atoms with Crippen molar-refractivity contribution in [3.05, 3.63) is 54.5 Å². The number of rotatable bonds is 5. The third-order valence-electron chi connectivity index (χ3n) is 2.89. The van der Waals surface area contributed by atoms with E-state index in [9.17, 15) is 4.79 Å². The maximum atomic E-state index is 11.9. The molecule has 3 rings (SSSR count). The number of carbonyl (C=O) groups excluding carboxylic acids is 1. The predicted molar refractivity (Wildman–Crippen MR) is 77.2 cm³/mol. The van der Waals surface area contributed by atoms with Gasteiger partial charge in [0.15, 0.2) is 0 Å². The topological polar surface area (TPSA) is 109 Å². The van der Waals surface area contributed by atoms with Crippen LogP contribution >= 0.6 is 0 Å². The first kappa shape index (κ1) is 13.8. The first-order valence-electron chi connectivity index (χ1n) is 6.64. The third kappa shape index (κ3) is 3.48. The second-order valence-electron chi connectivity index (χ2n) is 4.51. The summed E-state index contributed by atoms with van der Waals surface area (Å²) in [6, 6.07) is 3.70. The van der Waals surface area contributed by atoms with Crippen LogP contribution in [-0.4, -0.2) is 36.0 Å². The zero-order chi connectivity index (χ0) is 15.2. The zero-order valence-electron chi connectivity index (χ0n) is 11.6. The molecule has 3 aromatic heterocycles. The van der Waals surface area contributed by atoms with E-state index in [1.165, 1.54) is 0 Å². The molecule has 0 saturated carbocycles. The van der Waals surface area contributed by atoms with Crippen molar-refractivity contribution in [2.24, 2.45) is 0 Å². The second kappa shape index (κ2) is 6.53. The lowest BCUT2D eigenvalue weighted by Gasteiger charge is -2.03. The number of amides is 1. The monoisotopic (exact) mass is 295 g/mol. The molecular weight excluding hydrogens is 282 g/mol. The van der Waals surface area contributed by atoms with E-state index < -0.39 is 0 Å². The van der Waals surface area contributed by atoms with Gasteiger partial charge in [0.1, 0.15) is 11.5 Å². The van der Waals surface area contributed by atoms with E-state index in [1.54, 1.807) is 31.0 Å². The van der Waals surface area contributed by atoms with Gasteiger partial charge in [0.05, 0.1) is 12.6 Å². The van der Waals surface area contributed by atoms with Crippen LogP contribution in [0.1, 0.15) is 11.4 Å². The third-order valence-corrected chi connectivity index (χ3v) is 2.89. The Balaban J connectivity index is 1.57. The molecule has 0 saturated heterocycles. The van der Waals surface area contributed by atoms with Crippen molar-refractivity contribution in [2.75, 3.05) is 0 Å². The van der Waals surface area contributed by atoms with Crippen molar-refractivity contribution in [3.63, 3.8) is 0 Å². The second-order valence-corrected chi connectivity index (χ2v) is 4.51. The summed E-state index contributed by atoms with van der Waals surface area (Å²) < 4.78 is 0. The van der Waals surface area contributed by atoms with Crippen LogP contribution in [0.25, 0.3) is 11.5 Å². The summed E-state index contributed by atoms with van der Waals surface area (Å²) in [6.07, 6.45) is 8.20. The van der Waals surface area contributed by atoms with Crippen molar-refractivity contribution in [1.29, 1.82) is 0 Å². The van der Waals surface area contributed by atoms with Crippen LogP contribution in [0.5, 0.6) is 0 Å². The standard InChI is InChI=1S/C14H13N7O/c22-13(18-8-10-1-3-15-4-2-10)7-12-19-14(21-20-12)11-9-16-5-6-17-11/h1-6,9H,7-8H2,(H,18,22)(H,19,20,21). The van der Waals surface area contributed by atoms with Crippen LogP contribution in [0.2, 0.25) is 0 Å². The summed E-state index contributed by atoms with van der Waals surface area (Å²) in [5.41, 5.74) is 1.54. The van der Waals surface area contributed by atoms with Crippen LogP contribution in [-0.2, 0) is 17.8 Å². The number of hydrogen-bond acceptors (Lipinski definition) is 6. The molecule has 0 aliphatic heterocycles. The van der Waals surface area contributed by atoms with Crippen molar-refractivity contribution in [3.8, 4) is 11.5 Å². The minimum absolute atomic E-state index is 0.123. The Kier molecular flexibility index (Phi) is 4.10. The van der Waals surface area contributed by atoms with Crippen molar-refractivity contribution in [1.82, 2.24) is 35.5 Å². The van der Waals surface area contributed by atoms with E-state index in [0.29, 0.717) is 23.9 Å². The minimum Gasteiger partial charge on any atom is -0.352 e. The number of nitrogens with one attached hydrogen (secondary N) is 2. The average Bonchev–Trinajstić information content (AvgIpc) is 3.03. The Hall–Kier alpha value is -3.16. The number of aromatic amines is 1. The Morgan fingerprint density at radius 1 is 1.14 bits per heavy atom. The summed E-state index contributed by atoms with van der Waals surface area (Å²) >= 11 is 0. The molecular formula is C14H13N7O. The molecule has 0 atom stereocenters. The molecule has 0 aliphatic rings. The fraction of sp³-hybridized carbons (Fsp3) is 0.143. The van der Waals surface area contributed by atoms with Gasteiger partial charge < -0.3 is 5.32 Å². The molecule has 0 spiro atoms. The maximum Gasteiger partial charge on any atom is 0.227 e. The Morgan fingerprint density at radius 3 is 2.77 bits per heavy atom. The van der Waals surface area contributed by atoms with Gasteiger partial charge in [-0.2, -0.15) is 5.10 Å². The fourth-order valence-corrected chi connectivity index (χ4v) is 1.82. The summed E-state index contributed by atoms with van der Waals surface area (Å²) in [4.78, 5) is 28.1. The van der Waals surface area contributed by atoms with Crippen LogP contribution in [0.4, 0.5) is 0 Å². The number of H-pyrrole nitrogens is 1. The quantitative estimate of drug-likeness (QED) is 0.710. The maximum absolute atomic E-state index is 11.9. The number of hydrogen-bond donors (Lipinski definition) is 2. The lowest BCUT2D eigenvalue weighted by molar-refractivity contribution is -0.120. The van der Waals surface area contributed by atoms with Gasteiger partial charge in [-0.3, -0.25) is 19.9 Å². The highest BCUT2D eigenvalue weighted by Crippen LogP contribution is 2.08. The first-order valence-corrected chi connectivity index (χ1v) is 6.64. The van der Waals surface area contributed by atoms with E-state index in [-0.39, 0.29) is 12.3 Å². The molecule has 3 aromatic rings. The zero-order valence-corrected chi connectivity index (χ0v) is 11.6. The van der Waals surface area contributed by atoms with Gasteiger partial charge in [-0.1, -0.05) is 0 Å². The Morgan fingerprint density at radius 2 is 2.00 bits per heavy atom. The van der Waals surface area contributed by atoms with E-state index in [1.807, 2.05) is 12.1 Å². The molecule has 110 valence electrons. The summed E-state index contributed by atoms with van der Waals surface area (Å²) in [5, 5.41) is 9.58. The Labute approximate surface area is 126 Å². The van der Waals surface area contributed by atoms with Crippen LogP contribution in [0.3, 0.4) is 0 Å². The number of aromatic nitrogens is 6. The summed E-state index contributed by atoms with van der Waals surface area (Å²) in [7, 11) is 0. The van der Waals surface area contributed by atoms with Gasteiger partial charge in [0.25, 0.3) is 0 Å². The van der Waals surface area contributed by atoms with E-state index in [4.69, 9.17) is 0 Å². The molecule has 0 bridgehead atoms. The van der Waals surface area contributed by atoms with Crippen LogP contribution in [0.15, 0.2) is 43.1 Å². The van der Waals surface area contributed by atoms with Crippen LogP contribution < -0.4 is 5.32 Å². The molecule has 3 heterocycles. The fourth-order valence-electron chi connectivity index (χ4n) is 1.82. The summed E-state index contributed by atoms with van der Waals surface area (Å²) in [5.74, 6) is 0.761. The number of nitrogens with zero attached hydrogens (tertiary/aromatic N) is 5. The highest BCUT2D eigenvalue weighted by Gasteiger charge is 2.10. The van der Waals surface area contributed by atoms with Crippen molar-refractivity contribution in [2.45, 2.75) is 13.0 Å². The number of pyridine rings is 1. The van der Waals surface area contributed by atoms with Gasteiger partial charge in [-0.15, -0.1) is 0 Å². The highest BCUT2D eigenvalue weighted by atomic mass is 16.1. The lowest BCUT2D eigenvalue weighted by atomic mass is 10.2. The molecule has 8 nitrogen and oxygen atoms in total. The van der Waals surface area contributed by atoms with E-state index in [0.717, 1.165) is 5.56 Å². The molecule has 0 fully saturated rings. The average molecular weight is 295 g/mol. The molecule has 0 aromatic carbocycles. The highest BCUT2D eigenvalue weighted by molar-refractivity contribution is 5.77. The Bertz CT molecular complexity index is 742. The minimum atomic E-state index is -0.140. The first-order chi connectivity index (χ1) is 10.8. The molecule has 0 aliphatic carbocycles.